The zero-order valence-electron chi connectivity index (χ0n) is 17.1. The van der Waals surface area contributed by atoms with E-state index in [0.29, 0.717) is 34.0 Å². The molecule has 0 aliphatic carbocycles. The van der Waals surface area contributed by atoms with E-state index in [-0.39, 0.29) is 0 Å². The topological polar surface area (TPSA) is 77.0 Å². The van der Waals surface area contributed by atoms with Crippen LogP contribution in [0.15, 0.2) is 24.8 Å². The number of pyridine rings is 1. The molecule has 1 saturated heterocycles. The first kappa shape index (κ1) is 19.5. The standard InChI is InChI=1S/C20H19F3N8/c1-11-7-13(20(21,22)23)8-24-15(11)17-14(9-26-29(17)3)16-18-19(30-5-4-6-30)25-10-27-31(18)12(2)28-16/h7-10H,4-6H2,1-3H3. The van der Waals surface area contributed by atoms with Crippen molar-refractivity contribution in [3.8, 4) is 22.6 Å². The molecule has 160 valence electrons. The van der Waals surface area contributed by atoms with E-state index in [1.165, 1.54) is 6.33 Å². The van der Waals surface area contributed by atoms with E-state index in [4.69, 9.17) is 4.98 Å². The molecule has 0 bridgehead atoms. The van der Waals surface area contributed by atoms with E-state index in [2.05, 4.69) is 25.1 Å². The van der Waals surface area contributed by atoms with Crippen LogP contribution in [0.3, 0.4) is 0 Å². The number of rotatable bonds is 3. The summed E-state index contributed by atoms with van der Waals surface area (Å²) in [7, 11) is 1.73. The minimum atomic E-state index is -4.45. The Balaban J connectivity index is 1.73. The first-order valence-corrected chi connectivity index (χ1v) is 9.77. The second-order valence-electron chi connectivity index (χ2n) is 7.61. The van der Waals surface area contributed by atoms with Crippen LogP contribution in [0.5, 0.6) is 0 Å². The van der Waals surface area contributed by atoms with Crippen molar-refractivity contribution in [3.63, 3.8) is 0 Å². The van der Waals surface area contributed by atoms with E-state index in [1.807, 2.05) is 6.92 Å². The van der Waals surface area contributed by atoms with Crippen molar-refractivity contribution in [2.24, 2.45) is 7.05 Å². The lowest BCUT2D eigenvalue weighted by Crippen LogP contribution is -2.38. The third-order valence-corrected chi connectivity index (χ3v) is 5.55. The molecule has 5 heterocycles. The molecule has 5 rings (SSSR count). The van der Waals surface area contributed by atoms with Crippen molar-refractivity contribution in [3.05, 3.63) is 41.7 Å². The van der Waals surface area contributed by atoms with E-state index in [0.717, 1.165) is 43.1 Å². The summed E-state index contributed by atoms with van der Waals surface area (Å²) in [6, 6.07) is 1.10. The molecule has 0 spiro atoms. The van der Waals surface area contributed by atoms with Crippen LogP contribution >= 0.6 is 0 Å². The number of hydrogen-bond donors (Lipinski definition) is 0. The van der Waals surface area contributed by atoms with Crippen LogP contribution in [0.4, 0.5) is 19.0 Å². The van der Waals surface area contributed by atoms with Gasteiger partial charge >= 0.3 is 6.18 Å². The summed E-state index contributed by atoms with van der Waals surface area (Å²) in [5, 5.41) is 8.70. The fraction of sp³-hybridized carbons (Fsp3) is 0.350. The highest BCUT2D eigenvalue weighted by atomic mass is 19.4. The predicted octanol–water partition coefficient (Wildman–Crippen LogP) is 3.43. The monoisotopic (exact) mass is 428 g/mol. The van der Waals surface area contributed by atoms with Gasteiger partial charge in [-0.3, -0.25) is 9.67 Å². The summed E-state index contributed by atoms with van der Waals surface area (Å²) in [6.45, 7) is 5.26. The lowest BCUT2D eigenvalue weighted by atomic mass is 10.0. The number of nitrogens with zero attached hydrogens (tertiary/aromatic N) is 8. The van der Waals surface area contributed by atoms with Gasteiger partial charge in [0.05, 0.1) is 28.7 Å². The molecule has 31 heavy (non-hydrogen) atoms. The molecule has 0 unspecified atom stereocenters. The Morgan fingerprint density at radius 2 is 1.77 bits per heavy atom. The van der Waals surface area contributed by atoms with Gasteiger partial charge < -0.3 is 4.90 Å². The van der Waals surface area contributed by atoms with Crippen LogP contribution in [-0.2, 0) is 13.2 Å². The molecule has 0 N–H and O–H groups in total. The summed E-state index contributed by atoms with van der Waals surface area (Å²) in [5.41, 5.74) is 2.67. The van der Waals surface area contributed by atoms with Crippen molar-refractivity contribution < 1.29 is 13.2 Å². The second-order valence-corrected chi connectivity index (χ2v) is 7.61. The third kappa shape index (κ3) is 3.03. The molecule has 1 aliphatic rings. The summed E-state index contributed by atoms with van der Waals surface area (Å²) in [4.78, 5) is 15.5. The Hall–Kier alpha value is -3.50. The Labute approximate surface area is 175 Å². The second kappa shape index (κ2) is 6.76. The first-order valence-electron chi connectivity index (χ1n) is 9.77. The number of aryl methyl sites for hydroxylation is 3. The average Bonchev–Trinajstić information content (AvgIpc) is 3.20. The molecule has 11 heteroatoms. The molecule has 0 radical (unpaired) electrons. The molecule has 0 saturated carbocycles. The van der Waals surface area contributed by atoms with Gasteiger partial charge in [0.1, 0.15) is 23.4 Å². The number of alkyl halides is 3. The molecule has 0 atom stereocenters. The molecular formula is C20H19F3N8. The van der Waals surface area contributed by atoms with Gasteiger partial charge in [0.25, 0.3) is 0 Å². The first-order chi connectivity index (χ1) is 14.8. The summed E-state index contributed by atoms with van der Waals surface area (Å²) >= 11 is 0. The molecule has 4 aromatic heterocycles. The zero-order chi connectivity index (χ0) is 21.9. The Bertz CT molecular complexity index is 1300. The van der Waals surface area contributed by atoms with E-state index in [9.17, 15) is 13.2 Å². The highest BCUT2D eigenvalue weighted by molar-refractivity contribution is 5.92. The lowest BCUT2D eigenvalue weighted by Gasteiger charge is -2.32. The van der Waals surface area contributed by atoms with Crippen LogP contribution in [-0.4, -0.2) is 47.4 Å². The average molecular weight is 428 g/mol. The van der Waals surface area contributed by atoms with Crippen molar-refractivity contribution in [2.45, 2.75) is 26.4 Å². The van der Waals surface area contributed by atoms with E-state index >= 15 is 0 Å². The highest BCUT2D eigenvalue weighted by Gasteiger charge is 2.32. The third-order valence-electron chi connectivity index (χ3n) is 5.55. The minimum Gasteiger partial charge on any atom is -0.355 e. The van der Waals surface area contributed by atoms with Crippen LogP contribution in [0.2, 0.25) is 0 Å². The Morgan fingerprint density at radius 1 is 1.00 bits per heavy atom. The largest absolute Gasteiger partial charge is 0.417 e. The molecule has 0 aromatic carbocycles. The highest BCUT2D eigenvalue weighted by Crippen LogP contribution is 2.38. The van der Waals surface area contributed by atoms with Gasteiger partial charge in [0.15, 0.2) is 5.82 Å². The van der Waals surface area contributed by atoms with Crippen LogP contribution in [0.1, 0.15) is 23.4 Å². The Kier molecular flexibility index (Phi) is 4.24. The van der Waals surface area contributed by atoms with Gasteiger partial charge in [0.2, 0.25) is 0 Å². The van der Waals surface area contributed by atoms with E-state index in [1.54, 1.807) is 29.4 Å². The fourth-order valence-corrected chi connectivity index (χ4v) is 3.88. The number of halogens is 3. The lowest BCUT2D eigenvalue weighted by molar-refractivity contribution is -0.137. The van der Waals surface area contributed by atoms with Crippen LogP contribution in [0.25, 0.3) is 28.2 Å². The minimum absolute atomic E-state index is 0.402. The summed E-state index contributed by atoms with van der Waals surface area (Å²) < 4.78 is 42.7. The molecular weight excluding hydrogens is 409 g/mol. The van der Waals surface area contributed by atoms with Gasteiger partial charge in [-0.15, -0.1) is 0 Å². The summed E-state index contributed by atoms with van der Waals surface area (Å²) in [5.74, 6) is 1.46. The van der Waals surface area contributed by atoms with Crippen molar-refractivity contribution in [1.29, 1.82) is 0 Å². The molecule has 8 nitrogen and oxygen atoms in total. The Morgan fingerprint density at radius 3 is 2.42 bits per heavy atom. The smallest absolute Gasteiger partial charge is 0.355 e. The van der Waals surface area contributed by atoms with E-state index < -0.39 is 11.7 Å². The van der Waals surface area contributed by atoms with Gasteiger partial charge in [-0.1, -0.05) is 0 Å². The maximum absolute atomic E-state index is 13.1. The van der Waals surface area contributed by atoms with Gasteiger partial charge in [-0.05, 0) is 31.9 Å². The molecule has 1 fully saturated rings. The number of anilines is 1. The van der Waals surface area contributed by atoms with Crippen molar-refractivity contribution in [2.75, 3.05) is 18.0 Å². The number of imidazole rings is 1. The maximum Gasteiger partial charge on any atom is 0.417 e. The number of fused-ring (bicyclic) bond motifs is 1. The molecule has 0 amide bonds. The molecule has 1 aliphatic heterocycles. The van der Waals surface area contributed by atoms with Gasteiger partial charge in [-0.25, -0.2) is 14.5 Å². The predicted molar refractivity (Wildman–Crippen MR) is 108 cm³/mol. The van der Waals surface area contributed by atoms with Crippen molar-refractivity contribution >= 4 is 11.3 Å². The van der Waals surface area contributed by atoms with Crippen LogP contribution in [0, 0.1) is 13.8 Å². The molecule has 4 aromatic rings. The number of aromatic nitrogens is 7. The van der Waals surface area contributed by atoms with Crippen LogP contribution < -0.4 is 4.90 Å². The zero-order valence-corrected chi connectivity index (χ0v) is 17.1. The SMILES string of the molecule is Cc1cc(C(F)(F)F)cnc1-c1c(-c2nc(C)n3ncnc(N4CCC4)c23)cnn1C. The normalized spacial score (nSPS) is 14.3. The van der Waals surface area contributed by atoms with Gasteiger partial charge in [0, 0.05) is 26.3 Å². The summed E-state index contributed by atoms with van der Waals surface area (Å²) in [6.07, 6.45) is 0.648. The van der Waals surface area contributed by atoms with Gasteiger partial charge in [-0.2, -0.15) is 23.4 Å². The quantitative estimate of drug-likeness (QED) is 0.498. The van der Waals surface area contributed by atoms with Crippen molar-refractivity contribution in [1.82, 2.24) is 34.3 Å². The number of hydrogen-bond acceptors (Lipinski definition) is 6. The fourth-order valence-electron chi connectivity index (χ4n) is 3.88. The maximum atomic E-state index is 13.1.